The number of hydrogen-bond acceptors (Lipinski definition) is 0. The monoisotopic (exact) mass is 190 g/mol. The molecule has 0 fully saturated rings. The van der Waals surface area contributed by atoms with E-state index in [9.17, 15) is 0 Å². The molecule has 1 heterocycles. The molecule has 1 aliphatic rings. The molecule has 14 heavy (non-hydrogen) atoms. The lowest BCUT2D eigenvalue weighted by atomic mass is 9.88. The molecule has 1 aromatic carbocycles. The smallest absolute Gasteiger partial charge is 0.102 e. The van der Waals surface area contributed by atoms with Crippen molar-refractivity contribution in [2.45, 2.75) is 45.2 Å². The second-order valence-electron chi connectivity index (χ2n) is 5.20. The van der Waals surface area contributed by atoms with Gasteiger partial charge in [-0.15, -0.1) is 0 Å². The second-order valence-corrected chi connectivity index (χ2v) is 5.20. The summed E-state index contributed by atoms with van der Waals surface area (Å²) in [5.41, 5.74) is 3.46. The Bertz CT molecular complexity index is 328. The summed E-state index contributed by atoms with van der Waals surface area (Å²) < 4.78 is 0. The molecule has 0 spiro atoms. The first-order valence-electron chi connectivity index (χ1n) is 5.51. The topological polar surface area (TPSA) is 16.6 Å². The molecule has 0 saturated carbocycles. The highest BCUT2D eigenvalue weighted by Gasteiger charge is 2.29. The van der Waals surface area contributed by atoms with Crippen molar-refractivity contribution in [1.29, 1.82) is 0 Å². The molecule has 1 heteroatoms. The van der Waals surface area contributed by atoms with Crippen molar-refractivity contribution in [3.05, 3.63) is 35.4 Å². The van der Waals surface area contributed by atoms with Crippen molar-refractivity contribution >= 4 is 0 Å². The third-order valence-corrected chi connectivity index (χ3v) is 3.29. The Hall–Kier alpha value is -0.820. The van der Waals surface area contributed by atoms with Crippen molar-refractivity contribution in [3.8, 4) is 0 Å². The van der Waals surface area contributed by atoms with Gasteiger partial charge in [-0.25, -0.2) is 0 Å². The molecule has 1 nitrogen and oxygen atoms in total. The Balaban J connectivity index is 2.36. The van der Waals surface area contributed by atoms with Crippen LogP contribution in [0.4, 0.5) is 0 Å². The molecule has 0 radical (unpaired) electrons. The van der Waals surface area contributed by atoms with E-state index < -0.39 is 0 Å². The van der Waals surface area contributed by atoms with E-state index in [2.05, 4.69) is 50.4 Å². The molecule has 0 aromatic heterocycles. The fourth-order valence-corrected chi connectivity index (χ4v) is 2.57. The number of hydrogen-bond donors (Lipinski definition) is 1. The first-order valence-corrected chi connectivity index (χ1v) is 5.51. The quantitative estimate of drug-likeness (QED) is 0.644. The molecule has 76 valence electrons. The number of fused-ring (bicyclic) bond motifs is 1. The minimum Gasteiger partial charge on any atom is -0.338 e. The van der Waals surface area contributed by atoms with Gasteiger partial charge in [0.15, 0.2) is 0 Å². The van der Waals surface area contributed by atoms with Gasteiger partial charge in [-0.2, -0.15) is 0 Å². The summed E-state index contributed by atoms with van der Waals surface area (Å²) in [6.07, 6.45) is 1.27. The molecular formula is C13H20N+. The van der Waals surface area contributed by atoms with Gasteiger partial charge < -0.3 is 5.32 Å². The van der Waals surface area contributed by atoms with Gasteiger partial charge in [0, 0.05) is 12.0 Å². The molecule has 2 N–H and O–H groups in total. The molecule has 0 amide bonds. The van der Waals surface area contributed by atoms with E-state index in [1.807, 2.05) is 0 Å². The Labute approximate surface area is 86.5 Å². The minimum atomic E-state index is 0.387. The highest BCUT2D eigenvalue weighted by Crippen LogP contribution is 2.28. The van der Waals surface area contributed by atoms with Crippen LogP contribution in [0.2, 0.25) is 0 Å². The summed E-state index contributed by atoms with van der Waals surface area (Å²) in [4.78, 5) is 0. The minimum absolute atomic E-state index is 0.387. The van der Waals surface area contributed by atoms with E-state index in [1.165, 1.54) is 12.0 Å². The number of quaternary nitrogens is 1. The number of nitrogens with two attached hydrogens (primary N) is 1. The van der Waals surface area contributed by atoms with Gasteiger partial charge >= 0.3 is 0 Å². The highest BCUT2D eigenvalue weighted by molar-refractivity contribution is 5.30. The molecule has 1 unspecified atom stereocenters. The first kappa shape index (κ1) is 9.72. The fourth-order valence-electron chi connectivity index (χ4n) is 2.57. The van der Waals surface area contributed by atoms with Crippen LogP contribution in [0.25, 0.3) is 0 Å². The average molecular weight is 190 g/mol. The van der Waals surface area contributed by atoms with Gasteiger partial charge in [0.25, 0.3) is 0 Å². The van der Waals surface area contributed by atoms with E-state index in [4.69, 9.17) is 0 Å². The van der Waals surface area contributed by atoms with Crippen LogP contribution in [0.15, 0.2) is 24.3 Å². The summed E-state index contributed by atoms with van der Waals surface area (Å²) in [6.45, 7) is 8.16. The van der Waals surface area contributed by atoms with E-state index in [1.54, 1.807) is 5.56 Å². The van der Waals surface area contributed by atoms with Crippen LogP contribution in [0.5, 0.6) is 0 Å². The lowest BCUT2D eigenvalue weighted by Crippen LogP contribution is -2.93. The molecule has 0 saturated heterocycles. The average Bonchev–Trinajstić information content (AvgIpc) is 2.24. The lowest BCUT2D eigenvalue weighted by molar-refractivity contribution is -0.735. The third-order valence-electron chi connectivity index (χ3n) is 3.29. The molecule has 1 aliphatic heterocycles. The third kappa shape index (κ3) is 1.83. The molecule has 0 aliphatic carbocycles. The van der Waals surface area contributed by atoms with Gasteiger partial charge in [-0.3, -0.25) is 0 Å². The molecule has 1 aromatic rings. The summed E-state index contributed by atoms with van der Waals surface area (Å²) >= 11 is 0. The number of rotatable bonds is 0. The van der Waals surface area contributed by atoms with Gasteiger partial charge in [-0.1, -0.05) is 31.2 Å². The zero-order valence-corrected chi connectivity index (χ0v) is 9.38. The summed E-state index contributed by atoms with van der Waals surface area (Å²) in [7, 11) is 0. The van der Waals surface area contributed by atoms with Crippen LogP contribution in [0, 0.1) is 0 Å². The zero-order chi connectivity index (χ0) is 10.2. The lowest BCUT2D eigenvalue weighted by Gasteiger charge is -2.22. The summed E-state index contributed by atoms with van der Waals surface area (Å²) in [5.74, 6) is 0.694. The van der Waals surface area contributed by atoms with Crippen molar-refractivity contribution in [2.75, 3.05) is 0 Å². The van der Waals surface area contributed by atoms with Crippen molar-refractivity contribution in [1.82, 2.24) is 0 Å². The molecular weight excluding hydrogens is 170 g/mol. The number of benzene rings is 1. The van der Waals surface area contributed by atoms with Crippen LogP contribution < -0.4 is 5.32 Å². The Morgan fingerprint density at radius 2 is 2.00 bits per heavy atom. The van der Waals surface area contributed by atoms with Crippen molar-refractivity contribution < 1.29 is 5.32 Å². The van der Waals surface area contributed by atoms with Gasteiger partial charge in [0.05, 0.1) is 5.54 Å². The van der Waals surface area contributed by atoms with Crippen molar-refractivity contribution in [3.63, 3.8) is 0 Å². The highest BCUT2D eigenvalue weighted by atomic mass is 15.0. The fraction of sp³-hybridized carbons (Fsp3) is 0.538. The van der Waals surface area contributed by atoms with Crippen LogP contribution >= 0.6 is 0 Å². The van der Waals surface area contributed by atoms with Crippen LogP contribution in [-0.4, -0.2) is 5.54 Å². The standard InChI is InChI=1S/C13H19N/c1-10-8-13(2,3)14-9-11-6-4-5-7-12(10)11/h4-7,10,14H,8-9H2,1-3H3/p+1. The first-order chi connectivity index (χ1) is 6.58. The maximum Gasteiger partial charge on any atom is 0.102 e. The normalized spacial score (nSPS) is 25.2. The maximum atomic E-state index is 2.47. The summed E-state index contributed by atoms with van der Waals surface area (Å²) in [5, 5.41) is 2.47. The largest absolute Gasteiger partial charge is 0.338 e. The Morgan fingerprint density at radius 1 is 1.29 bits per heavy atom. The van der Waals surface area contributed by atoms with Gasteiger partial charge in [-0.05, 0) is 25.3 Å². The summed E-state index contributed by atoms with van der Waals surface area (Å²) in [6, 6.07) is 8.87. The maximum absolute atomic E-state index is 2.47. The van der Waals surface area contributed by atoms with E-state index >= 15 is 0 Å². The molecule has 1 atom stereocenters. The predicted molar refractivity (Wildman–Crippen MR) is 59.2 cm³/mol. The van der Waals surface area contributed by atoms with Crippen molar-refractivity contribution in [2.24, 2.45) is 0 Å². The van der Waals surface area contributed by atoms with Crippen LogP contribution in [0.1, 0.15) is 44.2 Å². The second kappa shape index (κ2) is 3.39. The van der Waals surface area contributed by atoms with E-state index in [0.29, 0.717) is 11.5 Å². The predicted octanol–water partition coefficient (Wildman–Crippen LogP) is 2.04. The Morgan fingerprint density at radius 3 is 2.79 bits per heavy atom. The van der Waals surface area contributed by atoms with Gasteiger partial charge in [0.2, 0.25) is 0 Å². The Kier molecular flexibility index (Phi) is 2.36. The van der Waals surface area contributed by atoms with E-state index in [0.717, 1.165) is 6.54 Å². The SMILES string of the molecule is CC1CC(C)(C)[NH2+]Cc2ccccc21. The zero-order valence-electron chi connectivity index (χ0n) is 9.38. The van der Waals surface area contributed by atoms with E-state index in [-0.39, 0.29) is 0 Å². The van der Waals surface area contributed by atoms with Gasteiger partial charge in [0.1, 0.15) is 6.54 Å². The molecule has 0 bridgehead atoms. The molecule has 2 rings (SSSR count). The van der Waals surface area contributed by atoms with Crippen LogP contribution in [-0.2, 0) is 6.54 Å². The van der Waals surface area contributed by atoms with Crippen LogP contribution in [0.3, 0.4) is 0 Å².